The van der Waals surface area contributed by atoms with Crippen molar-refractivity contribution < 1.29 is 9.53 Å². The van der Waals surface area contributed by atoms with Crippen LogP contribution in [0.25, 0.3) is 0 Å². The Labute approximate surface area is 119 Å². The Morgan fingerprint density at radius 3 is 2.89 bits per heavy atom. The Bertz CT molecular complexity index is 551. The monoisotopic (exact) mass is 297 g/mol. The first kappa shape index (κ1) is 14.0. The molecule has 0 atom stereocenters. The average Bonchev–Trinajstić information content (AvgIpc) is 3.02. The van der Waals surface area contributed by atoms with Crippen LogP contribution >= 0.6 is 22.7 Å². The lowest BCUT2D eigenvalue weighted by Crippen LogP contribution is -2.02. The molecule has 0 radical (unpaired) electrons. The van der Waals surface area contributed by atoms with Gasteiger partial charge in [-0.25, -0.2) is 9.97 Å². The molecule has 0 spiro atoms. The average molecular weight is 297 g/mol. The van der Waals surface area contributed by atoms with Crippen LogP contribution in [0.3, 0.4) is 0 Å². The van der Waals surface area contributed by atoms with E-state index >= 15 is 0 Å². The van der Waals surface area contributed by atoms with E-state index in [1.807, 2.05) is 17.7 Å². The van der Waals surface area contributed by atoms with Crippen molar-refractivity contribution in [2.45, 2.75) is 26.3 Å². The minimum Gasteiger partial charge on any atom is -0.469 e. The van der Waals surface area contributed by atoms with Crippen LogP contribution < -0.4 is 5.32 Å². The Hall–Kier alpha value is -1.47. The van der Waals surface area contributed by atoms with Crippen LogP contribution in [0.15, 0.2) is 10.8 Å². The quantitative estimate of drug-likeness (QED) is 0.830. The van der Waals surface area contributed by atoms with Crippen LogP contribution in [0, 0.1) is 6.92 Å². The number of ether oxygens (including phenoxy) is 1. The molecule has 2 rings (SSSR count). The van der Waals surface area contributed by atoms with Crippen molar-refractivity contribution in [3.63, 3.8) is 0 Å². The van der Waals surface area contributed by atoms with E-state index in [4.69, 9.17) is 0 Å². The van der Waals surface area contributed by atoms with Gasteiger partial charge in [0.1, 0.15) is 5.01 Å². The van der Waals surface area contributed by atoms with Gasteiger partial charge in [0.25, 0.3) is 0 Å². The van der Waals surface area contributed by atoms with Crippen LogP contribution in [0.1, 0.15) is 22.8 Å². The molecule has 0 aliphatic rings. The van der Waals surface area contributed by atoms with E-state index in [0.29, 0.717) is 19.4 Å². The molecule has 0 bridgehead atoms. The standard InChI is InChI=1S/C12H15N3O2S2/c1-8-6-18-10(14-8)5-13-12-15-9(7-19-12)3-4-11(16)17-2/h6-7H,3-5H2,1-2H3,(H,13,15). The highest BCUT2D eigenvalue weighted by Gasteiger charge is 2.06. The number of carbonyl (C=O) groups is 1. The van der Waals surface area contributed by atoms with E-state index in [0.717, 1.165) is 21.5 Å². The van der Waals surface area contributed by atoms with E-state index in [2.05, 4.69) is 20.0 Å². The molecule has 0 saturated carbocycles. The lowest BCUT2D eigenvalue weighted by molar-refractivity contribution is -0.140. The van der Waals surface area contributed by atoms with Gasteiger partial charge in [0.05, 0.1) is 25.8 Å². The predicted octanol–water partition coefficient (Wildman–Crippen LogP) is 2.63. The lowest BCUT2D eigenvalue weighted by atomic mass is 10.2. The molecule has 0 aliphatic heterocycles. The number of nitrogens with one attached hydrogen (secondary N) is 1. The largest absolute Gasteiger partial charge is 0.469 e. The van der Waals surface area contributed by atoms with E-state index in [9.17, 15) is 4.79 Å². The maximum atomic E-state index is 11.0. The van der Waals surface area contributed by atoms with Gasteiger partial charge in [-0.05, 0) is 6.92 Å². The summed E-state index contributed by atoms with van der Waals surface area (Å²) < 4.78 is 4.60. The molecule has 1 N–H and O–H groups in total. The van der Waals surface area contributed by atoms with Crippen molar-refractivity contribution in [3.05, 3.63) is 27.2 Å². The van der Waals surface area contributed by atoms with Crippen LogP contribution in [0.5, 0.6) is 0 Å². The zero-order chi connectivity index (χ0) is 13.7. The van der Waals surface area contributed by atoms with Gasteiger partial charge in [0.2, 0.25) is 0 Å². The van der Waals surface area contributed by atoms with E-state index < -0.39 is 0 Å². The molecule has 2 aromatic heterocycles. The van der Waals surface area contributed by atoms with Gasteiger partial charge in [0, 0.05) is 22.9 Å². The van der Waals surface area contributed by atoms with Crippen LogP contribution in [0.2, 0.25) is 0 Å². The fraction of sp³-hybridized carbons (Fsp3) is 0.417. The fourth-order valence-corrected chi connectivity index (χ4v) is 2.93. The number of nitrogens with zero attached hydrogens (tertiary/aromatic N) is 2. The Balaban J connectivity index is 1.82. The van der Waals surface area contributed by atoms with E-state index in [1.54, 1.807) is 11.3 Å². The van der Waals surface area contributed by atoms with Crippen molar-refractivity contribution in [2.24, 2.45) is 0 Å². The summed E-state index contributed by atoms with van der Waals surface area (Å²) in [7, 11) is 1.40. The molecule has 0 saturated heterocycles. The van der Waals surface area contributed by atoms with Gasteiger partial charge < -0.3 is 10.1 Å². The highest BCUT2D eigenvalue weighted by molar-refractivity contribution is 7.13. The molecular formula is C12H15N3O2S2. The number of carbonyl (C=O) groups excluding carboxylic acids is 1. The normalized spacial score (nSPS) is 10.4. The first-order valence-electron chi connectivity index (χ1n) is 5.83. The number of hydrogen-bond acceptors (Lipinski definition) is 7. The summed E-state index contributed by atoms with van der Waals surface area (Å²) in [4.78, 5) is 19.8. The van der Waals surface area contributed by atoms with Crippen molar-refractivity contribution in [3.8, 4) is 0 Å². The molecule has 2 aromatic rings. The molecule has 19 heavy (non-hydrogen) atoms. The number of thiazole rings is 2. The highest BCUT2D eigenvalue weighted by atomic mass is 32.1. The molecule has 102 valence electrons. The number of methoxy groups -OCH3 is 1. The molecule has 2 heterocycles. The molecule has 0 aliphatic carbocycles. The molecule has 0 unspecified atom stereocenters. The van der Waals surface area contributed by atoms with E-state index in [-0.39, 0.29) is 5.97 Å². The van der Waals surface area contributed by atoms with Crippen LogP contribution in [0.4, 0.5) is 5.13 Å². The van der Waals surface area contributed by atoms with Gasteiger partial charge >= 0.3 is 5.97 Å². The highest BCUT2D eigenvalue weighted by Crippen LogP contribution is 2.18. The Morgan fingerprint density at radius 1 is 1.37 bits per heavy atom. The second kappa shape index (κ2) is 6.63. The number of esters is 1. The van der Waals surface area contributed by atoms with Gasteiger partial charge in [-0.2, -0.15) is 0 Å². The number of anilines is 1. The number of aryl methyl sites for hydroxylation is 2. The summed E-state index contributed by atoms with van der Waals surface area (Å²) in [5.74, 6) is -0.208. The number of aromatic nitrogens is 2. The minimum absolute atomic E-state index is 0.208. The second-order valence-corrected chi connectivity index (χ2v) is 5.76. The third-order valence-corrected chi connectivity index (χ3v) is 4.24. The molecule has 0 amide bonds. The summed E-state index contributed by atoms with van der Waals surface area (Å²) in [5, 5.41) is 9.12. The SMILES string of the molecule is COC(=O)CCc1csc(NCc2nc(C)cs2)n1. The molecule has 7 heteroatoms. The third kappa shape index (κ3) is 4.29. The smallest absolute Gasteiger partial charge is 0.305 e. The summed E-state index contributed by atoms with van der Waals surface area (Å²) >= 11 is 3.17. The molecule has 0 aromatic carbocycles. The first-order valence-corrected chi connectivity index (χ1v) is 7.59. The second-order valence-electron chi connectivity index (χ2n) is 3.96. The van der Waals surface area contributed by atoms with Crippen LogP contribution in [-0.4, -0.2) is 23.0 Å². The van der Waals surface area contributed by atoms with Gasteiger partial charge in [-0.3, -0.25) is 4.79 Å². The maximum Gasteiger partial charge on any atom is 0.305 e. The molecular weight excluding hydrogens is 282 g/mol. The summed E-state index contributed by atoms with van der Waals surface area (Å²) in [5.41, 5.74) is 1.95. The summed E-state index contributed by atoms with van der Waals surface area (Å²) in [6.45, 7) is 2.66. The number of hydrogen-bond donors (Lipinski definition) is 1. The zero-order valence-corrected chi connectivity index (χ0v) is 12.4. The van der Waals surface area contributed by atoms with Gasteiger partial charge in [0.15, 0.2) is 5.13 Å². The zero-order valence-electron chi connectivity index (χ0n) is 10.8. The Morgan fingerprint density at radius 2 is 2.21 bits per heavy atom. The summed E-state index contributed by atoms with van der Waals surface area (Å²) in [6, 6.07) is 0. The molecule has 5 nitrogen and oxygen atoms in total. The van der Waals surface area contributed by atoms with Crippen molar-refractivity contribution in [1.29, 1.82) is 0 Å². The predicted molar refractivity (Wildman–Crippen MR) is 76.6 cm³/mol. The van der Waals surface area contributed by atoms with Crippen molar-refractivity contribution in [1.82, 2.24) is 9.97 Å². The molecule has 0 fully saturated rings. The third-order valence-electron chi connectivity index (χ3n) is 2.42. The fourth-order valence-electron chi connectivity index (χ4n) is 1.47. The minimum atomic E-state index is -0.208. The summed E-state index contributed by atoms with van der Waals surface area (Å²) in [6.07, 6.45) is 0.979. The van der Waals surface area contributed by atoms with Gasteiger partial charge in [-0.15, -0.1) is 22.7 Å². The van der Waals surface area contributed by atoms with Gasteiger partial charge in [-0.1, -0.05) is 0 Å². The van der Waals surface area contributed by atoms with Crippen molar-refractivity contribution >= 4 is 33.8 Å². The van der Waals surface area contributed by atoms with E-state index in [1.165, 1.54) is 18.4 Å². The van der Waals surface area contributed by atoms with Crippen LogP contribution in [-0.2, 0) is 22.5 Å². The lowest BCUT2D eigenvalue weighted by Gasteiger charge is -1.98. The maximum absolute atomic E-state index is 11.0. The Kier molecular flexibility index (Phi) is 4.86. The topological polar surface area (TPSA) is 64.1 Å². The first-order chi connectivity index (χ1) is 9.17. The number of rotatable bonds is 6. The van der Waals surface area contributed by atoms with Crippen molar-refractivity contribution in [2.75, 3.05) is 12.4 Å².